The maximum atomic E-state index is 4.23. The van der Waals surface area contributed by atoms with E-state index < -0.39 is 0 Å². The Morgan fingerprint density at radius 2 is 2.05 bits per heavy atom. The number of benzene rings is 1. The van der Waals surface area contributed by atoms with Crippen LogP contribution in [0.3, 0.4) is 0 Å². The summed E-state index contributed by atoms with van der Waals surface area (Å²) in [5, 5.41) is 11.9. The first-order chi connectivity index (χ1) is 10.3. The highest BCUT2D eigenvalue weighted by Gasteiger charge is 2.20. The Bertz CT molecular complexity index is 554. The summed E-state index contributed by atoms with van der Waals surface area (Å²) in [5.74, 6) is 0.899. The molecule has 1 saturated carbocycles. The van der Waals surface area contributed by atoms with Gasteiger partial charge in [0.1, 0.15) is 0 Å². The zero-order chi connectivity index (χ0) is 14.5. The molecule has 1 aromatic carbocycles. The molecule has 1 fully saturated rings. The summed E-state index contributed by atoms with van der Waals surface area (Å²) in [6.45, 7) is 4.15. The van der Waals surface area contributed by atoms with E-state index in [0.29, 0.717) is 0 Å². The molecule has 1 heterocycles. The van der Waals surface area contributed by atoms with Gasteiger partial charge in [-0.25, -0.2) is 4.68 Å². The van der Waals surface area contributed by atoms with Crippen LogP contribution in [0, 0.1) is 5.92 Å². The maximum Gasteiger partial charge on any atom is 0.0969 e. The van der Waals surface area contributed by atoms with E-state index in [4.69, 9.17) is 0 Å². The lowest BCUT2D eigenvalue weighted by atomic mass is 10.1. The molecule has 0 spiro atoms. The van der Waals surface area contributed by atoms with Gasteiger partial charge >= 0.3 is 0 Å². The number of unbranched alkanes of at least 4 members (excludes halogenated alkanes) is 1. The number of nitrogens with one attached hydrogen (secondary N) is 1. The van der Waals surface area contributed by atoms with Crippen molar-refractivity contribution in [3.63, 3.8) is 0 Å². The first kappa shape index (κ1) is 14.3. The standard InChI is InChI=1S/C17H24N4/c1-2-3-4-14-7-9-17(10-8-14)21-13-16(19-20-21)12-18-11-15-5-6-15/h7-10,13,15,18H,2-6,11-12H2,1H3. The van der Waals surface area contributed by atoms with E-state index in [-0.39, 0.29) is 0 Å². The Hall–Kier alpha value is -1.68. The van der Waals surface area contributed by atoms with Crippen molar-refractivity contribution in [1.29, 1.82) is 0 Å². The summed E-state index contributed by atoms with van der Waals surface area (Å²) in [6.07, 6.45) is 8.42. The molecule has 112 valence electrons. The number of nitrogens with zero attached hydrogens (tertiary/aromatic N) is 3. The first-order valence-electron chi connectivity index (χ1n) is 8.06. The fraction of sp³-hybridized carbons (Fsp3) is 0.529. The zero-order valence-electron chi connectivity index (χ0n) is 12.8. The summed E-state index contributed by atoms with van der Waals surface area (Å²) in [7, 11) is 0. The van der Waals surface area contributed by atoms with Gasteiger partial charge in [0.05, 0.1) is 17.6 Å². The third kappa shape index (κ3) is 4.14. The maximum absolute atomic E-state index is 4.23. The number of aromatic nitrogens is 3. The van der Waals surface area contributed by atoms with E-state index >= 15 is 0 Å². The average Bonchev–Trinajstić information content (AvgIpc) is 3.22. The molecular formula is C17H24N4. The van der Waals surface area contributed by atoms with E-state index in [9.17, 15) is 0 Å². The van der Waals surface area contributed by atoms with Crippen molar-refractivity contribution < 1.29 is 0 Å². The highest BCUT2D eigenvalue weighted by atomic mass is 15.4. The summed E-state index contributed by atoms with van der Waals surface area (Å²) in [5.41, 5.74) is 3.48. The van der Waals surface area contributed by atoms with Gasteiger partial charge in [-0.2, -0.15) is 0 Å². The smallest absolute Gasteiger partial charge is 0.0969 e. The Morgan fingerprint density at radius 1 is 1.24 bits per heavy atom. The first-order valence-corrected chi connectivity index (χ1v) is 8.06. The van der Waals surface area contributed by atoms with Crippen LogP contribution in [0.5, 0.6) is 0 Å². The molecule has 2 aromatic rings. The molecule has 0 amide bonds. The second kappa shape index (κ2) is 6.85. The van der Waals surface area contributed by atoms with Crippen LogP contribution in [0.4, 0.5) is 0 Å². The van der Waals surface area contributed by atoms with E-state index in [1.165, 1.54) is 31.2 Å². The Kier molecular flexibility index (Phi) is 4.65. The van der Waals surface area contributed by atoms with Crippen LogP contribution in [0.15, 0.2) is 30.5 Å². The quantitative estimate of drug-likeness (QED) is 0.810. The third-order valence-corrected chi connectivity index (χ3v) is 4.00. The van der Waals surface area contributed by atoms with Gasteiger partial charge < -0.3 is 5.32 Å². The highest BCUT2D eigenvalue weighted by molar-refractivity contribution is 5.33. The summed E-state index contributed by atoms with van der Waals surface area (Å²) in [6, 6.07) is 8.64. The molecule has 1 N–H and O–H groups in total. The monoisotopic (exact) mass is 284 g/mol. The zero-order valence-corrected chi connectivity index (χ0v) is 12.8. The van der Waals surface area contributed by atoms with Gasteiger partial charge in [-0.1, -0.05) is 30.7 Å². The Labute approximate surface area is 126 Å². The molecule has 1 aliphatic rings. The molecule has 21 heavy (non-hydrogen) atoms. The third-order valence-electron chi connectivity index (χ3n) is 4.00. The van der Waals surface area contributed by atoms with E-state index in [1.807, 2.05) is 10.9 Å². The number of hydrogen-bond donors (Lipinski definition) is 1. The van der Waals surface area contributed by atoms with Crippen molar-refractivity contribution in [2.75, 3.05) is 6.54 Å². The summed E-state index contributed by atoms with van der Waals surface area (Å²) < 4.78 is 1.86. The normalized spacial score (nSPS) is 14.5. The predicted molar refractivity (Wildman–Crippen MR) is 84.4 cm³/mol. The number of rotatable bonds is 8. The molecule has 0 aliphatic heterocycles. The van der Waals surface area contributed by atoms with Gasteiger partial charge in [0.2, 0.25) is 0 Å². The highest BCUT2D eigenvalue weighted by Crippen LogP contribution is 2.27. The van der Waals surface area contributed by atoms with E-state index in [1.54, 1.807) is 0 Å². The van der Waals surface area contributed by atoms with Crippen LogP contribution in [0.2, 0.25) is 0 Å². The minimum atomic E-state index is 0.811. The second-order valence-electron chi connectivity index (χ2n) is 6.00. The SMILES string of the molecule is CCCCc1ccc(-n2cc(CNCC3CC3)nn2)cc1. The van der Waals surface area contributed by atoms with Crippen LogP contribution in [0.25, 0.3) is 5.69 Å². The van der Waals surface area contributed by atoms with Crippen molar-refractivity contribution >= 4 is 0 Å². The van der Waals surface area contributed by atoms with Crippen molar-refractivity contribution in [3.8, 4) is 5.69 Å². The molecule has 0 saturated heterocycles. The average molecular weight is 284 g/mol. The molecule has 3 rings (SSSR count). The van der Waals surface area contributed by atoms with Crippen molar-refractivity contribution in [2.45, 2.75) is 45.6 Å². The summed E-state index contributed by atoms with van der Waals surface area (Å²) in [4.78, 5) is 0. The Balaban J connectivity index is 1.56. The van der Waals surface area contributed by atoms with Gasteiger partial charge in [0, 0.05) is 6.54 Å². The fourth-order valence-corrected chi connectivity index (χ4v) is 2.43. The molecule has 0 unspecified atom stereocenters. The van der Waals surface area contributed by atoms with Crippen LogP contribution in [-0.2, 0) is 13.0 Å². The lowest BCUT2D eigenvalue weighted by Crippen LogP contribution is -2.16. The van der Waals surface area contributed by atoms with Crippen LogP contribution < -0.4 is 5.32 Å². The number of hydrogen-bond acceptors (Lipinski definition) is 3. The van der Waals surface area contributed by atoms with Crippen molar-refractivity contribution in [3.05, 3.63) is 41.7 Å². The number of aryl methyl sites for hydroxylation is 1. The molecule has 0 radical (unpaired) electrons. The largest absolute Gasteiger partial charge is 0.311 e. The van der Waals surface area contributed by atoms with Gasteiger partial charge in [0.25, 0.3) is 0 Å². The molecular weight excluding hydrogens is 260 g/mol. The lowest BCUT2D eigenvalue weighted by molar-refractivity contribution is 0.628. The van der Waals surface area contributed by atoms with Gasteiger partial charge in [0.15, 0.2) is 0 Å². The van der Waals surface area contributed by atoms with Gasteiger partial charge in [-0.3, -0.25) is 0 Å². The van der Waals surface area contributed by atoms with Crippen LogP contribution in [0.1, 0.15) is 43.9 Å². The lowest BCUT2D eigenvalue weighted by Gasteiger charge is -2.03. The van der Waals surface area contributed by atoms with E-state index in [0.717, 1.165) is 36.8 Å². The van der Waals surface area contributed by atoms with Crippen LogP contribution >= 0.6 is 0 Å². The Morgan fingerprint density at radius 3 is 2.76 bits per heavy atom. The molecule has 1 aromatic heterocycles. The van der Waals surface area contributed by atoms with Gasteiger partial charge in [-0.05, 0) is 55.8 Å². The predicted octanol–water partition coefficient (Wildman–Crippen LogP) is 3.11. The van der Waals surface area contributed by atoms with Crippen molar-refractivity contribution in [2.24, 2.45) is 5.92 Å². The minimum absolute atomic E-state index is 0.811. The topological polar surface area (TPSA) is 42.7 Å². The molecule has 0 atom stereocenters. The molecule has 4 nitrogen and oxygen atoms in total. The second-order valence-corrected chi connectivity index (χ2v) is 6.00. The van der Waals surface area contributed by atoms with Gasteiger partial charge in [-0.15, -0.1) is 5.10 Å². The van der Waals surface area contributed by atoms with Crippen LogP contribution in [-0.4, -0.2) is 21.5 Å². The fourth-order valence-electron chi connectivity index (χ4n) is 2.43. The molecule has 0 bridgehead atoms. The minimum Gasteiger partial charge on any atom is -0.311 e. The molecule has 4 heteroatoms. The van der Waals surface area contributed by atoms with Crippen molar-refractivity contribution in [1.82, 2.24) is 20.3 Å². The molecule has 1 aliphatic carbocycles. The summed E-state index contributed by atoms with van der Waals surface area (Å²) >= 11 is 0. The van der Waals surface area contributed by atoms with E-state index in [2.05, 4.69) is 46.8 Å².